The van der Waals surface area contributed by atoms with Crippen molar-refractivity contribution >= 4 is 27.5 Å². The summed E-state index contributed by atoms with van der Waals surface area (Å²) in [6, 6.07) is 7.13. The second-order valence-electron chi connectivity index (χ2n) is 5.20. The Labute approximate surface area is 127 Å². The van der Waals surface area contributed by atoms with E-state index >= 15 is 0 Å². The van der Waals surface area contributed by atoms with E-state index in [1.165, 1.54) is 0 Å². The largest absolute Gasteiger partial charge is 0.327 e. The van der Waals surface area contributed by atoms with Crippen LogP contribution in [-0.4, -0.2) is 11.9 Å². The third-order valence-electron chi connectivity index (χ3n) is 3.76. The number of benzene rings is 1. The number of carbonyl (C=O) groups excluding carboxylic acids is 1. The summed E-state index contributed by atoms with van der Waals surface area (Å²) in [5.41, 5.74) is 7.34. The molecule has 5 heteroatoms. The van der Waals surface area contributed by atoms with Crippen LogP contribution in [0.5, 0.6) is 0 Å². The Balaban J connectivity index is 2.09. The van der Waals surface area contributed by atoms with Gasteiger partial charge in [0.2, 0.25) is 5.91 Å². The molecule has 0 saturated heterocycles. The molecule has 0 spiro atoms. The van der Waals surface area contributed by atoms with Gasteiger partial charge in [0.25, 0.3) is 0 Å². The fourth-order valence-corrected chi connectivity index (χ4v) is 3.05. The summed E-state index contributed by atoms with van der Waals surface area (Å²) in [5.74, 6) is -0.148. The topological polar surface area (TPSA) is 78.9 Å². The molecule has 1 saturated carbocycles. The van der Waals surface area contributed by atoms with Gasteiger partial charge in [0.15, 0.2) is 0 Å². The van der Waals surface area contributed by atoms with E-state index in [4.69, 9.17) is 11.0 Å². The normalized spacial score (nSPS) is 22.6. The summed E-state index contributed by atoms with van der Waals surface area (Å²) in [4.78, 5) is 12.4. The van der Waals surface area contributed by atoms with Gasteiger partial charge in [-0.25, -0.2) is 0 Å². The second-order valence-corrected chi connectivity index (χ2v) is 6.06. The SMILES string of the molecule is N#Cc1ccc(NC(=O)C2CCCCCC2N)c(Br)c1. The van der Waals surface area contributed by atoms with Gasteiger partial charge in [-0.1, -0.05) is 19.3 Å². The zero-order chi connectivity index (χ0) is 14.5. The maximum absolute atomic E-state index is 12.4. The predicted molar refractivity (Wildman–Crippen MR) is 82.0 cm³/mol. The fraction of sp³-hybridized carbons (Fsp3) is 0.467. The molecule has 2 atom stereocenters. The predicted octanol–water partition coefficient (Wildman–Crippen LogP) is 3.17. The first kappa shape index (κ1) is 15.0. The highest BCUT2D eigenvalue weighted by Gasteiger charge is 2.27. The van der Waals surface area contributed by atoms with Crippen molar-refractivity contribution in [2.75, 3.05) is 5.32 Å². The fourth-order valence-electron chi connectivity index (χ4n) is 2.57. The Morgan fingerprint density at radius 1 is 1.35 bits per heavy atom. The number of hydrogen-bond donors (Lipinski definition) is 2. The van der Waals surface area contributed by atoms with Crippen LogP contribution in [0, 0.1) is 17.2 Å². The van der Waals surface area contributed by atoms with Gasteiger partial charge in [-0.15, -0.1) is 0 Å². The number of nitrogens with two attached hydrogens (primary N) is 1. The molecule has 0 aliphatic heterocycles. The molecule has 1 aromatic rings. The number of nitrogens with one attached hydrogen (secondary N) is 1. The molecular weight excluding hydrogens is 318 g/mol. The summed E-state index contributed by atoms with van der Waals surface area (Å²) in [6.45, 7) is 0. The molecule has 2 unspecified atom stereocenters. The second kappa shape index (κ2) is 6.87. The molecule has 0 heterocycles. The molecule has 1 aliphatic carbocycles. The van der Waals surface area contributed by atoms with Crippen molar-refractivity contribution in [1.82, 2.24) is 0 Å². The molecule has 1 aliphatic rings. The van der Waals surface area contributed by atoms with E-state index in [9.17, 15) is 4.79 Å². The number of hydrogen-bond acceptors (Lipinski definition) is 3. The molecule has 0 aromatic heterocycles. The first-order chi connectivity index (χ1) is 9.61. The van der Waals surface area contributed by atoms with E-state index in [1.807, 2.05) is 0 Å². The van der Waals surface area contributed by atoms with E-state index in [1.54, 1.807) is 18.2 Å². The van der Waals surface area contributed by atoms with Gasteiger partial charge in [0, 0.05) is 10.5 Å². The highest BCUT2D eigenvalue weighted by atomic mass is 79.9. The Hall–Kier alpha value is -1.38. The van der Waals surface area contributed by atoms with Crippen LogP contribution in [0.25, 0.3) is 0 Å². The molecule has 106 valence electrons. The highest BCUT2D eigenvalue weighted by Crippen LogP contribution is 2.27. The van der Waals surface area contributed by atoms with Crippen LogP contribution < -0.4 is 11.1 Å². The average Bonchev–Trinajstić information content (AvgIpc) is 2.65. The first-order valence-corrected chi connectivity index (χ1v) is 7.67. The average molecular weight is 336 g/mol. The molecule has 3 N–H and O–H groups in total. The minimum absolute atomic E-state index is 0.0233. The number of amides is 1. The van der Waals surface area contributed by atoms with Gasteiger partial charge in [-0.3, -0.25) is 4.79 Å². The van der Waals surface area contributed by atoms with Crippen LogP contribution in [-0.2, 0) is 4.79 Å². The van der Waals surface area contributed by atoms with Crippen molar-refractivity contribution in [2.45, 2.75) is 38.1 Å². The lowest BCUT2D eigenvalue weighted by atomic mass is 9.94. The minimum atomic E-state index is -0.125. The van der Waals surface area contributed by atoms with E-state index < -0.39 is 0 Å². The van der Waals surface area contributed by atoms with Gasteiger partial charge in [0.05, 0.1) is 23.2 Å². The van der Waals surface area contributed by atoms with Crippen molar-refractivity contribution in [2.24, 2.45) is 11.7 Å². The first-order valence-electron chi connectivity index (χ1n) is 6.88. The third-order valence-corrected chi connectivity index (χ3v) is 4.42. The lowest BCUT2D eigenvalue weighted by molar-refractivity contribution is -0.120. The molecule has 0 radical (unpaired) electrons. The lowest BCUT2D eigenvalue weighted by Gasteiger charge is -2.21. The third kappa shape index (κ3) is 3.59. The monoisotopic (exact) mass is 335 g/mol. The molecule has 4 nitrogen and oxygen atoms in total. The van der Waals surface area contributed by atoms with E-state index in [2.05, 4.69) is 27.3 Å². The van der Waals surface area contributed by atoms with Crippen molar-refractivity contribution in [3.8, 4) is 6.07 Å². The number of rotatable bonds is 2. The quantitative estimate of drug-likeness (QED) is 0.814. The highest BCUT2D eigenvalue weighted by molar-refractivity contribution is 9.10. The van der Waals surface area contributed by atoms with Crippen molar-refractivity contribution in [3.05, 3.63) is 28.2 Å². The Morgan fingerprint density at radius 3 is 2.80 bits per heavy atom. The Kier molecular flexibility index (Phi) is 5.16. The molecule has 20 heavy (non-hydrogen) atoms. The van der Waals surface area contributed by atoms with Gasteiger partial charge in [0.1, 0.15) is 0 Å². The molecule has 0 bridgehead atoms. The molecule has 1 amide bonds. The van der Waals surface area contributed by atoms with Crippen molar-refractivity contribution in [1.29, 1.82) is 5.26 Å². The van der Waals surface area contributed by atoms with E-state index in [0.717, 1.165) is 32.1 Å². The molecule has 1 aromatic carbocycles. The van der Waals surface area contributed by atoms with Crippen LogP contribution in [0.15, 0.2) is 22.7 Å². The van der Waals surface area contributed by atoms with Crippen molar-refractivity contribution < 1.29 is 4.79 Å². The summed E-state index contributed by atoms with van der Waals surface area (Å²) in [6.07, 6.45) is 5.07. The molecule has 2 rings (SSSR count). The molecule has 1 fully saturated rings. The van der Waals surface area contributed by atoms with E-state index in [-0.39, 0.29) is 17.9 Å². The number of nitrogens with zero attached hydrogens (tertiary/aromatic N) is 1. The van der Waals surface area contributed by atoms with Gasteiger partial charge >= 0.3 is 0 Å². The van der Waals surface area contributed by atoms with Crippen LogP contribution in [0.3, 0.4) is 0 Å². The number of halogens is 1. The van der Waals surface area contributed by atoms with E-state index in [0.29, 0.717) is 15.7 Å². The lowest BCUT2D eigenvalue weighted by Crippen LogP contribution is -2.37. The number of carbonyl (C=O) groups is 1. The zero-order valence-electron chi connectivity index (χ0n) is 11.2. The van der Waals surface area contributed by atoms with Gasteiger partial charge < -0.3 is 11.1 Å². The van der Waals surface area contributed by atoms with Crippen LogP contribution in [0.2, 0.25) is 0 Å². The Bertz CT molecular complexity index is 538. The molecular formula is C15H18BrN3O. The minimum Gasteiger partial charge on any atom is -0.327 e. The maximum atomic E-state index is 12.4. The summed E-state index contributed by atoms with van der Waals surface area (Å²) in [5, 5.41) is 11.7. The number of nitriles is 1. The van der Waals surface area contributed by atoms with Gasteiger partial charge in [-0.05, 0) is 47.0 Å². The van der Waals surface area contributed by atoms with Crippen LogP contribution >= 0.6 is 15.9 Å². The standard InChI is InChI=1S/C15H18BrN3O/c16-12-8-10(9-17)6-7-14(12)19-15(20)11-4-2-1-3-5-13(11)18/h6-8,11,13H,1-5,18H2,(H,19,20). The summed E-state index contributed by atoms with van der Waals surface area (Å²) in [7, 11) is 0. The van der Waals surface area contributed by atoms with Crippen LogP contribution in [0.1, 0.15) is 37.7 Å². The van der Waals surface area contributed by atoms with Crippen LogP contribution in [0.4, 0.5) is 5.69 Å². The Morgan fingerprint density at radius 2 is 2.10 bits per heavy atom. The summed E-state index contributed by atoms with van der Waals surface area (Å²) >= 11 is 3.37. The number of anilines is 1. The smallest absolute Gasteiger partial charge is 0.229 e. The maximum Gasteiger partial charge on any atom is 0.229 e. The zero-order valence-corrected chi connectivity index (χ0v) is 12.8. The summed E-state index contributed by atoms with van der Waals surface area (Å²) < 4.78 is 0.715. The van der Waals surface area contributed by atoms with Gasteiger partial charge in [-0.2, -0.15) is 5.26 Å². The van der Waals surface area contributed by atoms with Crippen molar-refractivity contribution in [3.63, 3.8) is 0 Å².